The second-order valence-electron chi connectivity index (χ2n) is 8.34. The predicted molar refractivity (Wildman–Crippen MR) is 114 cm³/mol. The van der Waals surface area contributed by atoms with E-state index in [9.17, 15) is 9.59 Å². The topological polar surface area (TPSA) is 75.4 Å². The minimum Gasteiger partial charge on any atom is -0.344 e. The molecular weight excluding hydrogens is 397 g/mol. The maximum absolute atomic E-state index is 13.0. The summed E-state index contributed by atoms with van der Waals surface area (Å²) in [6, 6.07) is 7.16. The number of nitrogens with two attached hydrogens (primary N) is 1. The molecule has 1 aromatic rings. The number of fused-ring (bicyclic) bond motifs is 2. The van der Waals surface area contributed by atoms with Gasteiger partial charge in [-0.25, -0.2) is 0 Å². The lowest BCUT2D eigenvalue weighted by Crippen LogP contribution is -2.55. The number of para-hydroxylation sites is 1. The number of piperidine rings is 1. The van der Waals surface area contributed by atoms with Crippen LogP contribution in [-0.2, 0) is 9.59 Å². The number of amides is 2. The molecule has 1 heterocycles. The smallest absolute Gasteiger partial charge is 0.249 e. The molecule has 3 aliphatic rings. The molecule has 2 aliphatic carbocycles. The number of carbonyl (C=O) groups excluding carboxylic acids is 2. The molecule has 3 N–H and O–H groups in total. The Kier molecular flexibility index (Phi) is 6.89. The Morgan fingerprint density at radius 3 is 2.46 bits per heavy atom. The summed E-state index contributed by atoms with van der Waals surface area (Å²) < 4.78 is 0. The van der Waals surface area contributed by atoms with E-state index in [0.29, 0.717) is 29.8 Å². The molecule has 1 aromatic carbocycles. The summed E-state index contributed by atoms with van der Waals surface area (Å²) in [5.41, 5.74) is 7.07. The zero-order valence-corrected chi connectivity index (χ0v) is 17.6. The zero-order chi connectivity index (χ0) is 19.0. The monoisotopic (exact) mass is 425 g/mol. The van der Waals surface area contributed by atoms with Gasteiger partial charge in [0.2, 0.25) is 11.8 Å². The maximum atomic E-state index is 13.0. The lowest BCUT2D eigenvalue weighted by atomic mass is 9.65. The quantitative estimate of drug-likeness (QED) is 0.777. The average molecular weight is 426 g/mol. The fourth-order valence-corrected chi connectivity index (χ4v) is 5.45. The van der Waals surface area contributed by atoms with E-state index in [-0.39, 0.29) is 36.2 Å². The summed E-state index contributed by atoms with van der Waals surface area (Å²) in [6.45, 7) is 0.636. The number of nitrogens with one attached hydrogen (secondary N) is 1. The number of hydrogen-bond acceptors (Lipinski definition) is 3. The highest BCUT2D eigenvalue weighted by Gasteiger charge is 2.41. The van der Waals surface area contributed by atoms with Gasteiger partial charge in [-0.15, -0.1) is 12.4 Å². The Morgan fingerprint density at radius 1 is 1.11 bits per heavy atom. The van der Waals surface area contributed by atoms with Crippen molar-refractivity contribution in [1.82, 2.24) is 5.32 Å². The SMILES string of the molecule is Cl.NC1C2CCCC1CC(C(=O)NC1CCCN(c3ccccc3Cl)C1=O)C2. The van der Waals surface area contributed by atoms with Crippen LogP contribution in [0.25, 0.3) is 0 Å². The first-order valence-electron chi connectivity index (χ1n) is 10.2. The van der Waals surface area contributed by atoms with Crippen molar-refractivity contribution in [2.24, 2.45) is 23.5 Å². The van der Waals surface area contributed by atoms with E-state index in [0.717, 1.165) is 37.8 Å². The Hall–Kier alpha value is -1.30. The van der Waals surface area contributed by atoms with E-state index in [1.54, 1.807) is 11.0 Å². The maximum Gasteiger partial charge on any atom is 0.249 e. The molecule has 28 heavy (non-hydrogen) atoms. The van der Waals surface area contributed by atoms with Crippen molar-refractivity contribution in [1.29, 1.82) is 0 Å². The normalized spacial score (nSPS) is 32.4. The van der Waals surface area contributed by atoms with E-state index in [2.05, 4.69) is 5.32 Å². The first-order valence-corrected chi connectivity index (χ1v) is 10.5. The molecule has 2 bridgehead atoms. The van der Waals surface area contributed by atoms with Gasteiger partial charge in [0.15, 0.2) is 0 Å². The number of rotatable bonds is 3. The van der Waals surface area contributed by atoms with E-state index in [1.807, 2.05) is 18.2 Å². The van der Waals surface area contributed by atoms with Crippen molar-refractivity contribution >= 4 is 41.5 Å². The van der Waals surface area contributed by atoms with Gasteiger partial charge in [0.05, 0.1) is 10.7 Å². The van der Waals surface area contributed by atoms with Gasteiger partial charge >= 0.3 is 0 Å². The lowest BCUT2D eigenvalue weighted by Gasteiger charge is -2.44. The average Bonchev–Trinajstić information content (AvgIpc) is 2.64. The number of benzene rings is 1. The van der Waals surface area contributed by atoms with Crippen molar-refractivity contribution in [3.05, 3.63) is 29.3 Å². The summed E-state index contributed by atoms with van der Waals surface area (Å²) in [4.78, 5) is 27.6. The molecule has 1 aliphatic heterocycles. The molecule has 0 aromatic heterocycles. The molecule has 1 saturated heterocycles. The van der Waals surface area contributed by atoms with Gasteiger partial charge in [-0.3, -0.25) is 9.59 Å². The highest BCUT2D eigenvalue weighted by Crippen LogP contribution is 2.42. The summed E-state index contributed by atoms with van der Waals surface area (Å²) >= 11 is 6.27. The molecule has 3 atom stereocenters. The van der Waals surface area contributed by atoms with Crippen molar-refractivity contribution < 1.29 is 9.59 Å². The molecule has 0 spiro atoms. The highest BCUT2D eigenvalue weighted by atomic mass is 35.5. The Balaban J connectivity index is 0.00000225. The highest BCUT2D eigenvalue weighted by molar-refractivity contribution is 6.33. The number of hydrogen-bond donors (Lipinski definition) is 2. The summed E-state index contributed by atoms with van der Waals surface area (Å²) in [6.07, 6.45) is 6.74. The number of halogens is 2. The molecule has 0 radical (unpaired) electrons. The van der Waals surface area contributed by atoms with Crippen LogP contribution in [0.2, 0.25) is 5.02 Å². The van der Waals surface area contributed by atoms with Gasteiger partial charge in [0, 0.05) is 18.5 Å². The van der Waals surface area contributed by atoms with E-state index in [1.165, 1.54) is 6.42 Å². The largest absolute Gasteiger partial charge is 0.344 e. The van der Waals surface area contributed by atoms with Gasteiger partial charge < -0.3 is 16.0 Å². The molecule has 3 unspecified atom stereocenters. The first kappa shape index (κ1) is 21.4. The molecule has 5 nitrogen and oxygen atoms in total. The minimum atomic E-state index is -0.460. The Bertz CT molecular complexity index is 715. The predicted octanol–water partition coefficient (Wildman–Crippen LogP) is 3.53. The van der Waals surface area contributed by atoms with Crippen LogP contribution in [0.4, 0.5) is 5.69 Å². The van der Waals surface area contributed by atoms with E-state index in [4.69, 9.17) is 17.3 Å². The molecule has 7 heteroatoms. The fraction of sp³-hybridized carbons (Fsp3) is 0.619. The second-order valence-corrected chi connectivity index (χ2v) is 8.75. The van der Waals surface area contributed by atoms with Crippen molar-refractivity contribution in [2.45, 2.75) is 57.0 Å². The van der Waals surface area contributed by atoms with Crippen LogP contribution < -0.4 is 16.0 Å². The summed E-state index contributed by atoms with van der Waals surface area (Å²) in [5, 5.41) is 3.61. The van der Waals surface area contributed by atoms with Crippen LogP contribution in [0.3, 0.4) is 0 Å². The van der Waals surface area contributed by atoms with Gasteiger partial charge in [0.1, 0.15) is 6.04 Å². The molecule has 2 saturated carbocycles. The van der Waals surface area contributed by atoms with Crippen LogP contribution in [0, 0.1) is 17.8 Å². The van der Waals surface area contributed by atoms with E-state index >= 15 is 0 Å². The second kappa shape index (κ2) is 9.02. The van der Waals surface area contributed by atoms with Crippen molar-refractivity contribution in [3.63, 3.8) is 0 Å². The first-order chi connectivity index (χ1) is 13.0. The molecule has 154 valence electrons. The third-order valence-corrected chi connectivity index (χ3v) is 7.00. The number of nitrogens with zero attached hydrogens (tertiary/aromatic N) is 1. The number of anilines is 1. The molecule has 2 amide bonds. The van der Waals surface area contributed by atoms with E-state index < -0.39 is 6.04 Å². The molecule has 3 fully saturated rings. The van der Waals surface area contributed by atoms with Crippen molar-refractivity contribution in [2.75, 3.05) is 11.4 Å². The van der Waals surface area contributed by atoms with Crippen molar-refractivity contribution in [3.8, 4) is 0 Å². The van der Waals surface area contributed by atoms with Gasteiger partial charge in [0.25, 0.3) is 0 Å². The Labute approximate surface area is 177 Å². The molecule has 4 rings (SSSR count). The van der Waals surface area contributed by atoms with Crippen LogP contribution in [0.5, 0.6) is 0 Å². The molecular formula is C21H29Cl2N3O2. The van der Waals surface area contributed by atoms with Crippen LogP contribution >= 0.6 is 24.0 Å². The van der Waals surface area contributed by atoms with Gasteiger partial charge in [-0.05, 0) is 62.5 Å². The standard InChI is InChI=1S/C21H28ClN3O2.ClH/c22-16-7-1-2-9-18(16)25-10-4-8-17(21(25)27)24-20(26)15-11-13-5-3-6-14(12-15)19(13)23;/h1-2,7,9,13-15,17,19H,3-6,8,10-12,23H2,(H,24,26);1H. The van der Waals surface area contributed by atoms with Crippen LogP contribution in [0.15, 0.2) is 24.3 Å². The fourth-order valence-electron chi connectivity index (χ4n) is 5.21. The summed E-state index contributed by atoms with van der Waals surface area (Å²) in [5.74, 6) is 0.863. The zero-order valence-electron chi connectivity index (χ0n) is 16.0. The van der Waals surface area contributed by atoms with Crippen LogP contribution in [-0.4, -0.2) is 30.4 Å². The van der Waals surface area contributed by atoms with Gasteiger partial charge in [-0.2, -0.15) is 0 Å². The minimum absolute atomic E-state index is 0. The lowest BCUT2D eigenvalue weighted by molar-refractivity contribution is -0.132. The summed E-state index contributed by atoms with van der Waals surface area (Å²) in [7, 11) is 0. The van der Waals surface area contributed by atoms with Crippen LogP contribution in [0.1, 0.15) is 44.9 Å². The number of carbonyl (C=O) groups is 2. The third kappa shape index (κ3) is 4.17. The van der Waals surface area contributed by atoms with Gasteiger partial charge in [-0.1, -0.05) is 30.2 Å². The third-order valence-electron chi connectivity index (χ3n) is 6.68. The Morgan fingerprint density at radius 2 is 1.79 bits per heavy atom.